The van der Waals surface area contributed by atoms with E-state index in [0.717, 1.165) is 0 Å². The van der Waals surface area contributed by atoms with Gasteiger partial charge in [-0.1, -0.05) is 13.8 Å². The fourth-order valence-corrected chi connectivity index (χ4v) is 0.916. The van der Waals surface area contributed by atoms with Gasteiger partial charge in [-0.3, -0.25) is 0 Å². The third kappa shape index (κ3) is 3.26. The van der Waals surface area contributed by atoms with Gasteiger partial charge in [-0.05, 0) is 30.2 Å². The molecule has 0 radical (unpaired) electrons. The highest BCUT2D eigenvalue weighted by Crippen LogP contribution is 2.16. The van der Waals surface area contributed by atoms with Crippen molar-refractivity contribution in [3.8, 4) is 11.5 Å². The molecule has 78 valence electrons. The highest BCUT2D eigenvalue weighted by atomic mass is 16.5. The fraction of sp³-hybridized carbons (Fsp3) is 0.455. The zero-order valence-electron chi connectivity index (χ0n) is 8.47. The molecule has 3 nitrogen and oxygen atoms in total. The molecule has 0 aliphatic heterocycles. The van der Waals surface area contributed by atoms with Gasteiger partial charge in [0.25, 0.3) is 0 Å². The maximum absolute atomic E-state index is 9.47. The molecule has 0 heterocycles. The van der Waals surface area contributed by atoms with Gasteiger partial charge >= 0.3 is 0 Å². The number of phenols is 1. The Hall–Kier alpha value is -1.22. The van der Waals surface area contributed by atoms with Crippen LogP contribution in [-0.2, 0) is 0 Å². The summed E-state index contributed by atoms with van der Waals surface area (Å²) in [6.45, 7) is 4.15. The van der Waals surface area contributed by atoms with E-state index in [1.807, 2.05) is 13.8 Å². The molecular formula is C11H16O3. The van der Waals surface area contributed by atoms with Crippen LogP contribution in [0.1, 0.15) is 13.8 Å². The second-order valence-electron chi connectivity index (χ2n) is 3.62. The Morgan fingerprint density at radius 2 is 1.79 bits per heavy atom. The van der Waals surface area contributed by atoms with Gasteiger partial charge in [-0.2, -0.15) is 0 Å². The lowest BCUT2D eigenvalue weighted by atomic mass is 10.1. The smallest absolute Gasteiger partial charge is 0.119 e. The van der Waals surface area contributed by atoms with E-state index in [9.17, 15) is 5.11 Å². The van der Waals surface area contributed by atoms with Crippen LogP contribution < -0.4 is 4.74 Å². The summed E-state index contributed by atoms with van der Waals surface area (Å²) >= 11 is 0. The Morgan fingerprint density at radius 1 is 1.21 bits per heavy atom. The molecule has 0 spiro atoms. The Balaban J connectivity index is 2.42. The summed E-state index contributed by atoms with van der Waals surface area (Å²) in [5, 5.41) is 18.5. The minimum Gasteiger partial charge on any atom is -0.508 e. The van der Waals surface area contributed by atoms with Gasteiger partial charge in [-0.15, -0.1) is 0 Å². The molecule has 1 unspecified atom stereocenters. The Kier molecular flexibility index (Phi) is 3.77. The third-order valence-corrected chi connectivity index (χ3v) is 2.03. The van der Waals surface area contributed by atoms with Crippen LogP contribution in [0.15, 0.2) is 24.3 Å². The largest absolute Gasteiger partial charge is 0.508 e. The highest BCUT2D eigenvalue weighted by molar-refractivity contribution is 5.30. The fourth-order valence-electron chi connectivity index (χ4n) is 0.916. The number of aromatic hydroxyl groups is 1. The van der Waals surface area contributed by atoms with Crippen molar-refractivity contribution < 1.29 is 14.9 Å². The van der Waals surface area contributed by atoms with Gasteiger partial charge in [0.05, 0.1) is 6.10 Å². The summed E-state index contributed by atoms with van der Waals surface area (Å²) in [5.41, 5.74) is 0. The Bertz CT molecular complexity index is 266. The number of benzene rings is 1. The number of aliphatic hydroxyl groups excluding tert-OH is 1. The van der Waals surface area contributed by atoms with Gasteiger partial charge < -0.3 is 14.9 Å². The average Bonchev–Trinajstić information content (AvgIpc) is 2.16. The second kappa shape index (κ2) is 4.86. The lowest BCUT2D eigenvalue weighted by Crippen LogP contribution is -2.23. The number of rotatable bonds is 4. The first kappa shape index (κ1) is 10.9. The quantitative estimate of drug-likeness (QED) is 0.771. The lowest BCUT2D eigenvalue weighted by molar-refractivity contribution is 0.0701. The summed E-state index contributed by atoms with van der Waals surface area (Å²) in [6.07, 6.45) is -0.455. The molecule has 0 saturated heterocycles. The first-order chi connectivity index (χ1) is 6.59. The molecule has 0 fully saturated rings. The highest BCUT2D eigenvalue weighted by Gasteiger charge is 2.09. The van der Waals surface area contributed by atoms with Crippen LogP contribution in [0.3, 0.4) is 0 Å². The van der Waals surface area contributed by atoms with Crippen molar-refractivity contribution in [2.45, 2.75) is 20.0 Å². The van der Waals surface area contributed by atoms with E-state index in [4.69, 9.17) is 9.84 Å². The zero-order valence-corrected chi connectivity index (χ0v) is 8.47. The van der Waals surface area contributed by atoms with Gasteiger partial charge in [0, 0.05) is 0 Å². The molecule has 3 heteroatoms. The van der Waals surface area contributed by atoms with Crippen molar-refractivity contribution in [2.75, 3.05) is 6.61 Å². The van der Waals surface area contributed by atoms with Crippen molar-refractivity contribution >= 4 is 0 Å². The van der Waals surface area contributed by atoms with Crippen molar-refractivity contribution in [2.24, 2.45) is 5.92 Å². The molecule has 1 rings (SSSR count). The van der Waals surface area contributed by atoms with E-state index in [2.05, 4.69) is 0 Å². The molecule has 0 aromatic heterocycles. The van der Waals surface area contributed by atoms with Crippen LogP contribution in [0.4, 0.5) is 0 Å². The normalized spacial score (nSPS) is 12.9. The third-order valence-electron chi connectivity index (χ3n) is 2.03. The second-order valence-corrected chi connectivity index (χ2v) is 3.62. The Labute approximate surface area is 84.0 Å². The van der Waals surface area contributed by atoms with Crippen molar-refractivity contribution in [1.82, 2.24) is 0 Å². The van der Waals surface area contributed by atoms with Crippen molar-refractivity contribution in [3.05, 3.63) is 24.3 Å². The predicted octanol–water partition coefficient (Wildman–Crippen LogP) is 1.79. The van der Waals surface area contributed by atoms with Crippen LogP contribution in [0.2, 0.25) is 0 Å². The average molecular weight is 196 g/mol. The first-order valence-electron chi connectivity index (χ1n) is 4.69. The molecule has 0 saturated carbocycles. The zero-order chi connectivity index (χ0) is 10.6. The number of hydrogen-bond donors (Lipinski definition) is 2. The number of phenolic OH excluding ortho intramolecular Hbond substituents is 1. The molecule has 0 amide bonds. The van der Waals surface area contributed by atoms with Crippen LogP contribution in [-0.4, -0.2) is 22.9 Å². The maximum Gasteiger partial charge on any atom is 0.119 e. The van der Waals surface area contributed by atoms with Gasteiger partial charge in [0.1, 0.15) is 18.1 Å². The van der Waals surface area contributed by atoms with Crippen LogP contribution >= 0.6 is 0 Å². The minimum absolute atomic E-state index is 0.187. The minimum atomic E-state index is -0.455. The van der Waals surface area contributed by atoms with Crippen LogP contribution in [0.5, 0.6) is 11.5 Å². The van der Waals surface area contributed by atoms with E-state index < -0.39 is 6.10 Å². The molecule has 0 aliphatic rings. The summed E-state index contributed by atoms with van der Waals surface area (Å²) in [6, 6.07) is 6.44. The van der Waals surface area contributed by atoms with Crippen molar-refractivity contribution in [1.29, 1.82) is 0 Å². The van der Waals surface area contributed by atoms with E-state index in [1.54, 1.807) is 24.3 Å². The topological polar surface area (TPSA) is 49.7 Å². The first-order valence-corrected chi connectivity index (χ1v) is 4.69. The van der Waals surface area contributed by atoms with Gasteiger partial charge in [0.2, 0.25) is 0 Å². The van der Waals surface area contributed by atoms with Crippen LogP contribution in [0.25, 0.3) is 0 Å². The van der Waals surface area contributed by atoms with E-state index in [-0.39, 0.29) is 18.3 Å². The van der Waals surface area contributed by atoms with Crippen molar-refractivity contribution in [3.63, 3.8) is 0 Å². The van der Waals surface area contributed by atoms with Gasteiger partial charge in [0.15, 0.2) is 0 Å². The summed E-state index contributed by atoms with van der Waals surface area (Å²) in [4.78, 5) is 0. The Morgan fingerprint density at radius 3 is 2.29 bits per heavy atom. The molecule has 1 aromatic rings. The SMILES string of the molecule is CC(C)C(O)COc1ccc(O)cc1. The summed E-state index contributed by atoms with van der Waals surface area (Å²) < 4.78 is 5.32. The molecular weight excluding hydrogens is 180 g/mol. The molecule has 1 aromatic carbocycles. The molecule has 1 atom stereocenters. The van der Waals surface area contributed by atoms with Crippen LogP contribution in [0, 0.1) is 5.92 Å². The maximum atomic E-state index is 9.47. The number of ether oxygens (including phenoxy) is 1. The molecule has 2 N–H and O–H groups in total. The molecule has 0 bridgehead atoms. The van der Waals surface area contributed by atoms with E-state index in [1.165, 1.54) is 0 Å². The van der Waals surface area contributed by atoms with Gasteiger partial charge in [-0.25, -0.2) is 0 Å². The van der Waals surface area contributed by atoms with E-state index in [0.29, 0.717) is 5.75 Å². The summed E-state index contributed by atoms with van der Waals surface area (Å²) in [5.74, 6) is 1.05. The predicted molar refractivity (Wildman–Crippen MR) is 54.4 cm³/mol. The lowest BCUT2D eigenvalue weighted by Gasteiger charge is -2.15. The summed E-state index contributed by atoms with van der Waals surface area (Å²) in [7, 11) is 0. The number of hydrogen-bond acceptors (Lipinski definition) is 3. The van der Waals surface area contributed by atoms with E-state index >= 15 is 0 Å². The monoisotopic (exact) mass is 196 g/mol. The standard InChI is InChI=1S/C11H16O3/c1-8(2)11(13)7-14-10-5-3-9(12)4-6-10/h3-6,8,11-13H,7H2,1-2H3. The molecule has 14 heavy (non-hydrogen) atoms. The number of aliphatic hydroxyl groups is 1. The molecule has 0 aliphatic carbocycles.